The molecule has 0 bridgehead atoms. The van der Waals surface area contributed by atoms with Gasteiger partial charge in [-0.15, -0.1) is 0 Å². The normalized spacial score (nSPS) is 21.2. The minimum atomic E-state index is -0.565. The Balaban J connectivity index is 1.50. The first kappa shape index (κ1) is 17.0. The number of nitrogens with one attached hydrogen (secondary N) is 2. The lowest BCUT2D eigenvalue weighted by atomic mass is 9.80. The van der Waals surface area contributed by atoms with Crippen molar-refractivity contribution in [1.82, 2.24) is 15.6 Å². The summed E-state index contributed by atoms with van der Waals surface area (Å²) in [6.45, 7) is 5.39. The molecule has 132 valence electrons. The molecule has 1 aromatic heterocycles. The van der Waals surface area contributed by atoms with E-state index >= 15 is 0 Å². The van der Waals surface area contributed by atoms with Gasteiger partial charge < -0.3 is 20.6 Å². The highest BCUT2D eigenvalue weighted by Crippen LogP contribution is 2.31. The second-order valence-electron chi connectivity index (χ2n) is 6.87. The summed E-state index contributed by atoms with van der Waals surface area (Å²) in [5, 5.41) is 17.0. The molecule has 0 radical (unpaired) electrons. The molecule has 3 N–H and O–H groups in total. The Kier molecular flexibility index (Phi) is 5.56. The first-order valence-corrected chi connectivity index (χ1v) is 9.12. The van der Waals surface area contributed by atoms with E-state index in [9.17, 15) is 5.11 Å². The molecule has 6 heteroatoms. The van der Waals surface area contributed by atoms with Crippen molar-refractivity contribution in [2.75, 3.05) is 31.1 Å². The average Bonchev–Trinajstić information content (AvgIpc) is 2.60. The standard InChI is InChI=1S/C18H29N5O/c1-2-19-17(21-14-18(24)9-5-10-18)22-15-7-12-23(13-8-15)16-6-3-4-11-20-16/h3-4,6,11,15,24H,2,5,7-10,12-14H2,1H3,(H2,19,21,22). The van der Waals surface area contributed by atoms with Crippen molar-refractivity contribution in [3.05, 3.63) is 24.4 Å². The lowest BCUT2D eigenvalue weighted by Gasteiger charge is -2.36. The summed E-state index contributed by atoms with van der Waals surface area (Å²) in [6, 6.07) is 6.47. The first-order chi connectivity index (χ1) is 11.7. The molecule has 0 unspecified atom stereocenters. The molecular weight excluding hydrogens is 302 g/mol. The summed E-state index contributed by atoms with van der Waals surface area (Å²) in [7, 11) is 0. The summed E-state index contributed by atoms with van der Waals surface area (Å²) in [4.78, 5) is 11.4. The van der Waals surface area contributed by atoms with Crippen LogP contribution in [0.15, 0.2) is 29.4 Å². The molecule has 1 saturated carbocycles. The van der Waals surface area contributed by atoms with Gasteiger partial charge in [0.25, 0.3) is 0 Å². The lowest BCUT2D eigenvalue weighted by molar-refractivity contribution is -0.0236. The van der Waals surface area contributed by atoms with Gasteiger partial charge in [-0.25, -0.2) is 4.98 Å². The van der Waals surface area contributed by atoms with Gasteiger partial charge in [0, 0.05) is 31.9 Å². The number of aromatic nitrogens is 1. The maximum absolute atomic E-state index is 10.2. The molecule has 0 atom stereocenters. The second kappa shape index (κ2) is 7.83. The van der Waals surface area contributed by atoms with Crippen LogP contribution in [0.3, 0.4) is 0 Å². The predicted octanol–water partition coefficient (Wildman–Crippen LogP) is 1.52. The second-order valence-corrected chi connectivity index (χ2v) is 6.87. The van der Waals surface area contributed by atoms with E-state index in [0.717, 1.165) is 63.5 Å². The molecule has 0 amide bonds. The number of nitrogens with zero attached hydrogens (tertiary/aromatic N) is 3. The molecule has 2 aliphatic rings. The molecule has 0 spiro atoms. The van der Waals surface area contributed by atoms with Gasteiger partial charge in [0.1, 0.15) is 5.82 Å². The van der Waals surface area contributed by atoms with Gasteiger partial charge in [-0.3, -0.25) is 4.99 Å². The minimum absolute atomic E-state index is 0.416. The Morgan fingerprint density at radius 3 is 2.75 bits per heavy atom. The molecule has 2 fully saturated rings. The Labute approximate surface area is 144 Å². The number of aliphatic hydroxyl groups is 1. The quantitative estimate of drug-likeness (QED) is 0.564. The van der Waals surface area contributed by atoms with Crippen molar-refractivity contribution in [2.45, 2.75) is 50.7 Å². The van der Waals surface area contributed by atoms with Crippen LogP contribution in [0.1, 0.15) is 39.0 Å². The third-order valence-corrected chi connectivity index (χ3v) is 4.97. The van der Waals surface area contributed by atoms with Crippen molar-refractivity contribution in [1.29, 1.82) is 0 Å². The third kappa shape index (κ3) is 4.38. The third-order valence-electron chi connectivity index (χ3n) is 4.97. The topological polar surface area (TPSA) is 72.8 Å². The lowest BCUT2D eigenvalue weighted by Crippen LogP contribution is -2.49. The number of aliphatic imine (C=N–C) groups is 1. The van der Waals surface area contributed by atoms with Gasteiger partial charge >= 0.3 is 0 Å². The number of piperidine rings is 1. The fourth-order valence-corrected chi connectivity index (χ4v) is 3.28. The number of pyridine rings is 1. The SMILES string of the molecule is CCNC(=NCC1(O)CCC1)NC1CCN(c2ccccn2)CC1. The van der Waals surface area contributed by atoms with Crippen LogP contribution >= 0.6 is 0 Å². The van der Waals surface area contributed by atoms with Gasteiger partial charge in [0.05, 0.1) is 12.1 Å². The van der Waals surface area contributed by atoms with Crippen molar-refractivity contribution in [3.63, 3.8) is 0 Å². The van der Waals surface area contributed by atoms with Gasteiger partial charge in [-0.2, -0.15) is 0 Å². The van der Waals surface area contributed by atoms with Crippen LogP contribution < -0.4 is 15.5 Å². The maximum Gasteiger partial charge on any atom is 0.191 e. The minimum Gasteiger partial charge on any atom is -0.388 e. The van der Waals surface area contributed by atoms with Crippen LogP contribution in [0.25, 0.3) is 0 Å². The molecule has 6 nitrogen and oxygen atoms in total. The number of hydrogen-bond acceptors (Lipinski definition) is 4. The monoisotopic (exact) mass is 331 g/mol. The van der Waals surface area contributed by atoms with Crippen LogP contribution in [-0.2, 0) is 0 Å². The van der Waals surface area contributed by atoms with Gasteiger partial charge in [0.15, 0.2) is 5.96 Å². The molecule has 24 heavy (non-hydrogen) atoms. The zero-order valence-corrected chi connectivity index (χ0v) is 14.5. The van der Waals surface area contributed by atoms with Crippen LogP contribution in [0, 0.1) is 0 Å². The van der Waals surface area contributed by atoms with E-state index < -0.39 is 5.60 Å². The summed E-state index contributed by atoms with van der Waals surface area (Å²) < 4.78 is 0. The Bertz CT molecular complexity index is 536. The van der Waals surface area contributed by atoms with Crippen molar-refractivity contribution in [3.8, 4) is 0 Å². The highest BCUT2D eigenvalue weighted by Gasteiger charge is 2.34. The highest BCUT2D eigenvalue weighted by molar-refractivity contribution is 5.80. The van der Waals surface area contributed by atoms with Crippen LogP contribution in [-0.4, -0.2) is 53.9 Å². The van der Waals surface area contributed by atoms with Crippen LogP contribution in [0.5, 0.6) is 0 Å². The molecule has 1 aliphatic carbocycles. The smallest absolute Gasteiger partial charge is 0.191 e. The van der Waals surface area contributed by atoms with Gasteiger partial charge in [-0.1, -0.05) is 6.07 Å². The number of rotatable bonds is 5. The summed E-state index contributed by atoms with van der Waals surface area (Å²) in [6.07, 6.45) is 6.83. The van der Waals surface area contributed by atoms with Crippen molar-refractivity contribution in [2.24, 2.45) is 4.99 Å². The van der Waals surface area contributed by atoms with Gasteiger partial charge in [-0.05, 0) is 51.2 Å². The zero-order valence-electron chi connectivity index (χ0n) is 14.5. The van der Waals surface area contributed by atoms with Crippen LogP contribution in [0.4, 0.5) is 5.82 Å². The Morgan fingerprint density at radius 2 is 2.17 bits per heavy atom. The van der Waals surface area contributed by atoms with E-state index in [0.29, 0.717) is 12.6 Å². The Hall–Kier alpha value is -1.82. The molecular formula is C18H29N5O. The fraction of sp³-hybridized carbons (Fsp3) is 0.667. The summed E-state index contributed by atoms with van der Waals surface area (Å²) in [5.41, 5.74) is -0.565. The van der Waals surface area contributed by atoms with E-state index in [4.69, 9.17) is 0 Å². The van der Waals surface area contributed by atoms with E-state index in [-0.39, 0.29) is 0 Å². The first-order valence-electron chi connectivity index (χ1n) is 9.12. The van der Waals surface area contributed by atoms with Crippen molar-refractivity contribution < 1.29 is 5.11 Å². The van der Waals surface area contributed by atoms with Crippen LogP contribution in [0.2, 0.25) is 0 Å². The van der Waals surface area contributed by atoms with Gasteiger partial charge in [0.2, 0.25) is 0 Å². The van der Waals surface area contributed by atoms with E-state index in [2.05, 4.69) is 38.5 Å². The molecule has 3 rings (SSSR count). The fourth-order valence-electron chi connectivity index (χ4n) is 3.28. The van der Waals surface area contributed by atoms with E-state index in [1.165, 1.54) is 0 Å². The Morgan fingerprint density at radius 1 is 1.38 bits per heavy atom. The number of hydrogen-bond donors (Lipinski definition) is 3. The molecule has 1 saturated heterocycles. The summed E-state index contributed by atoms with van der Waals surface area (Å²) >= 11 is 0. The molecule has 2 heterocycles. The zero-order chi connectivity index (χ0) is 16.8. The van der Waals surface area contributed by atoms with Crippen molar-refractivity contribution >= 4 is 11.8 Å². The van der Waals surface area contributed by atoms with E-state index in [1.54, 1.807) is 0 Å². The summed E-state index contributed by atoms with van der Waals surface area (Å²) in [5.74, 6) is 1.89. The highest BCUT2D eigenvalue weighted by atomic mass is 16.3. The number of guanidine groups is 1. The largest absolute Gasteiger partial charge is 0.388 e. The van der Waals surface area contributed by atoms with E-state index in [1.807, 2.05) is 18.3 Å². The number of anilines is 1. The maximum atomic E-state index is 10.2. The average molecular weight is 331 g/mol. The molecule has 1 aliphatic heterocycles. The molecule has 1 aromatic rings. The molecule has 0 aromatic carbocycles. The predicted molar refractivity (Wildman–Crippen MR) is 97.4 cm³/mol.